The summed E-state index contributed by atoms with van der Waals surface area (Å²) in [6, 6.07) is 6.64. The van der Waals surface area contributed by atoms with Gasteiger partial charge in [-0.2, -0.15) is 0 Å². The summed E-state index contributed by atoms with van der Waals surface area (Å²) in [5.74, 6) is 0.299. The molecule has 0 bridgehead atoms. The molecule has 118 valence electrons. The van der Waals surface area contributed by atoms with Crippen LogP contribution in [0, 0.1) is 0 Å². The first-order valence-corrected chi connectivity index (χ1v) is 7.41. The zero-order valence-electron chi connectivity index (χ0n) is 12.3. The average molecular weight is 304 g/mol. The third-order valence-corrected chi connectivity index (χ3v) is 3.16. The standard InChI is InChI=1S/C16H20N2O4/c19-15(13-7-5-11-21-13)17-9-3-1-2-4-10-18-16(20)14-8-6-12-22-14/h5-8,11-12H,1-4,9-10H2,(H,17,19)(H,18,20). The van der Waals surface area contributed by atoms with Gasteiger partial charge in [0, 0.05) is 13.1 Å². The zero-order valence-corrected chi connectivity index (χ0v) is 12.3. The Morgan fingerprint density at radius 2 is 1.23 bits per heavy atom. The molecule has 2 N–H and O–H groups in total. The Bertz CT molecular complexity index is 509. The summed E-state index contributed by atoms with van der Waals surface area (Å²) >= 11 is 0. The van der Waals surface area contributed by atoms with E-state index in [-0.39, 0.29) is 11.8 Å². The Morgan fingerprint density at radius 3 is 1.59 bits per heavy atom. The van der Waals surface area contributed by atoms with Crippen molar-refractivity contribution in [2.24, 2.45) is 0 Å². The molecule has 0 aliphatic carbocycles. The molecular weight excluding hydrogens is 284 g/mol. The lowest BCUT2D eigenvalue weighted by Gasteiger charge is -2.04. The summed E-state index contributed by atoms with van der Waals surface area (Å²) in [5, 5.41) is 5.60. The maximum Gasteiger partial charge on any atom is 0.286 e. The van der Waals surface area contributed by atoms with E-state index in [0.717, 1.165) is 25.7 Å². The third-order valence-electron chi connectivity index (χ3n) is 3.16. The van der Waals surface area contributed by atoms with Gasteiger partial charge in [0.2, 0.25) is 0 Å². The molecule has 0 atom stereocenters. The highest BCUT2D eigenvalue weighted by atomic mass is 16.3. The Morgan fingerprint density at radius 1 is 0.773 bits per heavy atom. The monoisotopic (exact) mass is 304 g/mol. The van der Waals surface area contributed by atoms with Crippen molar-refractivity contribution in [3.05, 3.63) is 48.3 Å². The van der Waals surface area contributed by atoms with Gasteiger partial charge in [0.25, 0.3) is 11.8 Å². The van der Waals surface area contributed by atoms with E-state index < -0.39 is 0 Å². The first-order chi connectivity index (χ1) is 10.8. The molecule has 0 saturated heterocycles. The first-order valence-electron chi connectivity index (χ1n) is 7.41. The Balaban J connectivity index is 1.45. The topological polar surface area (TPSA) is 84.5 Å². The number of carbonyl (C=O) groups excluding carboxylic acids is 2. The van der Waals surface area contributed by atoms with Gasteiger partial charge in [0.1, 0.15) is 0 Å². The molecule has 0 spiro atoms. The quantitative estimate of drug-likeness (QED) is 0.697. The maximum absolute atomic E-state index is 11.6. The van der Waals surface area contributed by atoms with Gasteiger partial charge in [-0.15, -0.1) is 0 Å². The second kappa shape index (κ2) is 8.71. The van der Waals surface area contributed by atoms with Gasteiger partial charge >= 0.3 is 0 Å². The molecular formula is C16H20N2O4. The molecule has 0 unspecified atom stereocenters. The second-order valence-corrected chi connectivity index (χ2v) is 4.88. The van der Waals surface area contributed by atoms with E-state index in [9.17, 15) is 9.59 Å². The summed E-state index contributed by atoms with van der Waals surface area (Å²) < 4.78 is 10.00. The van der Waals surface area contributed by atoms with Gasteiger partial charge in [-0.05, 0) is 37.1 Å². The SMILES string of the molecule is O=C(NCCCCCCNC(=O)c1ccco1)c1ccco1. The molecule has 2 rings (SSSR count). The lowest BCUT2D eigenvalue weighted by Crippen LogP contribution is -2.24. The molecule has 6 nitrogen and oxygen atoms in total. The van der Waals surface area contributed by atoms with Crippen LogP contribution in [0.4, 0.5) is 0 Å². The predicted octanol–water partition coefficient (Wildman–Crippen LogP) is 2.59. The molecule has 0 radical (unpaired) electrons. The fraction of sp³-hybridized carbons (Fsp3) is 0.375. The van der Waals surface area contributed by atoms with Gasteiger partial charge < -0.3 is 19.5 Å². The first kappa shape index (κ1) is 15.9. The number of unbranched alkanes of at least 4 members (excludes halogenated alkanes) is 3. The van der Waals surface area contributed by atoms with Crippen LogP contribution in [0.2, 0.25) is 0 Å². The minimum atomic E-state index is -0.185. The molecule has 2 aromatic heterocycles. The summed E-state index contributed by atoms with van der Waals surface area (Å²) in [7, 11) is 0. The number of amides is 2. The van der Waals surface area contributed by atoms with Gasteiger partial charge in [-0.1, -0.05) is 12.8 Å². The lowest BCUT2D eigenvalue weighted by atomic mass is 10.2. The molecule has 0 aliphatic heterocycles. The van der Waals surface area contributed by atoms with Crippen molar-refractivity contribution in [1.29, 1.82) is 0 Å². The molecule has 0 aliphatic rings. The minimum absolute atomic E-state index is 0.185. The molecule has 2 amide bonds. The highest BCUT2D eigenvalue weighted by Gasteiger charge is 2.07. The van der Waals surface area contributed by atoms with Crippen molar-refractivity contribution in [3.63, 3.8) is 0 Å². The van der Waals surface area contributed by atoms with Crippen LogP contribution in [0.25, 0.3) is 0 Å². The van der Waals surface area contributed by atoms with E-state index in [1.807, 2.05) is 0 Å². The van der Waals surface area contributed by atoms with Crippen molar-refractivity contribution >= 4 is 11.8 Å². The molecule has 0 fully saturated rings. The van der Waals surface area contributed by atoms with Crippen LogP contribution in [0.3, 0.4) is 0 Å². The Labute approximate surface area is 128 Å². The highest BCUT2D eigenvalue weighted by molar-refractivity contribution is 5.91. The minimum Gasteiger partial charge on any atom is -0.459 e. The molecule has 0 saturated carbocycles. The van der Waals surface area contributed by atoms with Crippen LogP contribution in [0.1, 0.15) is 46.8 Å². The van der Waals surface area contributed by atoms with Crippen molar-refractivity contribution < 1.29 is 18.4 Å². The molecule has 6 heteroatoms. The fourth-order valence-corrected chi connectivity index (χ4v) is 2.00. The van der Waals surface area contributed by atoms with E-state index in [1.54, 1.807) is 24.3 Å². The van der Waals surface area contributed by atoms with Gasteiger partial charge in [0.15, 0.2) is 11.5 Å². The predicted molar refractivity (Wildman–Crippen MR) is 80.6 cm³/mol. The van der Waals surface area contributed by atoms with E-state index in [4.69, 9.17) is 8.83 Å². The smallest absolute Gasteiger partial charge is 0.286 e. The zero-order chi connectivity index (χ0) is 15.6. The average Bonchev–Trinajstić information content (AvgIpc) is 3.22. The number of hydrogen-bond donors (Lipinski definition) is 2. The maximum atomic E-state index is 11.6. The van der Waals surface area contributed by atoms with Crippen LogP contribution in [-0.2, 0) is 0 Å². The number of nitrogens with one attached hydrogen (secondary N) is 2. The van der Waals surface area contributed by atoms with E-state index >= 15 is 0 Å². The van der Waals surface area contributed by atoms with Crippen LogP contribution in [0.5, 0.6) is 0 Å². The summed E-state index contributed by atoms with van der Waals surface area (Å²) in [6.45, 7) is 1.25. The van der Waals surface area contributed by atoms with Crippen molar-refractivity contribution in [2.75, 3.05) is 13.1 Å². The fourth-order valence-electron chi connectivity index (χ4n) is 2.00. The van der Waals surface area contributed by atoms with Crippen LogP contribution in [0.15, 0.2) is 45.6 Å². The molecule has 0 aromatic carbocycles. The molecule has 2 aromatic rings. The van der Waals surface area contributed by atoms with Crippen LogP contribution < -0.4 is 10.6 Å². The Hall–Kier alpha value is -2.50. The molecule has 2 heterocycles. The number of carbonyl (C=O) groups is 2. The summed E-state index contributed by atoms with van der Waals surface area (Å²) in [6.07, 6.45) is 6.75. The van der Waals surface area contributed by atoms with E-state index in [0.29, 0.717) is 24.6 Å². The second-order valence-electron chi connectivity index (χ2n) is 4.88. The van der Waals surface area contributed by atoms with Gasteiger partial charge in [0.05, 0.1) is 12.5 Å². The third kappa shape index (κ3) is 5.12. The lowest BCUT2D eigenvalue weighted by molar-refractivity contribution is 0.0916. The van der Waals surface area contributed by atoms with Gasteiger partial charge in [-0.25, -0.2) is 0 Å². The highest BCUT2D eigenvalue weighted by Crippen LogP contribution is 2.02. The van der Waals surface area contributed by atoms with Crippen molar-refractivity contribution in [2.45, 2.75) is 25.7 Å². The van der Waals surface area contributed by atoms with Crippen molar-refractivity contribution in [3.8, 4) is 0 Å². The number of rotatable bonds is 9. The normalized spacial score (nSPS) is 10.4. The van der Waals surface area contributed by atoms with Crippen molar-refractivity contribution in [1.82, 2.24) is 10.6 Å². The summed E-state index contributed by atoms with van der Waals surface area (Å²) in [5.41, 5.74) is 0. The summed E-state index contributed by atoms with van der Waals surface area (Å²) in [4.78, 5) is 23.1. The van der Waals surface area contributed by atoms with E-state index in [1.165, 1.54) is 12.5 Å². The van der Waals surface area contributed by atoms with Crippen LogP contribution in [-0.4, -0.2) is 24.9 Å². The Kier molecular flexibility index (Phi) is 6.29. The number of hydrogen-bond acceptors (Lipinski definition) is 4. The van der Waals surface area contributed by atoms with E-state index in [2.05, 4.69) is 10.6 Å². The largest absolute Gasteiger partial charge is 0.459 e. The molecule has 22 heavy (non-hydrogen) atoms. The van der Waals surface area contributed by atoms with Crippen LogP contribution >= 0.6 is 0 Å². The number of furan rings is 2. The van der Waals surface area contributed by atoms with Gasteiger partial charge in [-0.3, -0.25) is 9.59 Å².